The second kappa shape index (κ2) is 8.80. The average Bonchev–Trinajstić information content (AvgIpc) is 2.64. The molecule has 0 bridgehead atoms. The molecule has 2 aliphatic heterocycles. The first kappa shape index (κ1) is 18.4. The van der Waals surface area contributed by atoms with E-state index in [-0.39, 0.29) is 6.04 Å². The summed E-state index contributed by atoms with van der Waals surface area (Å²) in [6, 6.07) is 13.0. The van der Waals surface area contributed by atoms with E-state index in [2.05, 4.69) is 54.0 Å². The molecule has 2 fully saturated rings. The summed E-state index contributed by atoms with van der Waals surface area (Å²) >= 11 is 0. The highest BCUT2D eigenvalue weighted by molar-refractivity contribution is 5.15. The van der Waals surface area contributed by atoms with Crippen LogP contribution in [0.2, 0.25) is 0 Å². The van der Waals surface area contributed by atoms with E-state index in [1.54, 1.807) is 0 Å². The van der Waals surface area contributed by atoms with E-state index in [0.717, 1.165) is 45.8 Å². The van der Waals surface area contributed by atoms with Crippen molar-refractivity contribution in [3.05, 3.63) is 35.9 Å². The number of hydrogen-bond acceptors (Lipinski definition) is 4. The van der Waals surface area contributed by atoms with E-state index in [9.17, 15) is 5.26 Å². The molecule has 136 valence electrons. The van der Waals surface area contributed by atoms with E-state index < -0.39 is 0 Å². The summed E-state index contributed by atoms with van der Waals surface area (Å²) in [5.74, 6) is 1.30. The van der Waals surface area contributed by atoms with Crippen molar-refractivity contribution >= 4 is 0 Å². The van der Waals surface area contributed by atoms with Gasteiger partial charge in [-0.05, 0) is 30.2 Å². The Labute approximate surface area is 152 Å². The normalized spacial score (nSPS) is 28.8. The maximum atomic E-state index is 9.64. The Bertz CT molecular complexity index is 568. The molecule has 4 heteroatoms. The van der Waals surface area contributed by atoms with Crippen LogP contribution in [0.5, 0.6) is 0 Å². The van der Waals surface area contributed by atoms with Gasteiger partial charge >= 0.3 is 0 Å². The predicted octanol–water partition coefficient (Wildman–Crippen LogP) is 3.15. The van der Waals surface area contributed by atoms with Gasteiger partial charge in [0.25, 0.3) is 0 Å². The van der Waals surface area contributed by atoms with Crippen LogP contribution in [-0.4, -0.2) is 54.7 Å². The molecule has 3 atom stereocenters. The quantitative estimate of drug-likeness (QED) is 0.825. The topological polar surface area (TPSA) is 39.5 Å². The summed E-state index contributed by atoms with van der Waals surface area (Å²) in [7, 11) is 0. The zero-order valence-electron chi connectivity index (χ0n) is 15.6. The van der Waals surface area contributed by atoms with E-state index in [1.165, 1.54) is 12.0 Å². The molecule has 0 radical (unpaired) electrons. The first-order valence-electron chi connectivity index (χ1n) is 9.67. The van der Waals surface area contributed by atoms with Gasteiger partial charge in [-0.15, -0.1) is 0 Å². The minimum atomic E-state index is -0.00491. The number of piperazine rings is 1. The second-order valence-corrected chi connectivity index (χ2v) is 7.90. The summed E-state index contributed by atoms with van der Waals surface area (Å²) in [6.45, 7) is 10.3. The largest absolute Gasteiger partial charge is 0.378 e. The van der Waals surface area contributed by atoms with Crippen LogP contribution in [0.3, 0.4) is 0 Å². The van der Waals surface area contributed by atoms with Crippen LogP contribution in [0.4, 0.5) is 0 Å². The fraction of sp³-hybridized carbons (Fsp3) is 0.667. The second-order valence-electron chi connectivity index (χ2n) is 7.90. The highest BCUT2D eigenvalue weighted by atomic mass is 16.5. The number of ether oxygens (including phenoxy) is 1. The van der Waals surface area contributed by atoms with Crippen LogP contribution < -0.4 is 0 Å². The van der Waals surface area contributed by atoms with Crippen molar-refractivity contribution < 1.29 is 4.74 Å². The molecule has 1 aromatic carbocycles. The number of rotatable bonds is 5. The van der Waals surface area contributed by atoms with Crippen molar-refractivity contribution in [1.29, 1.82) is 5.26 Å². The minimum Gasteiger partial charge on any atom is -0.378 e. The van der Waals surface area contributed by atoms with E-state index in [4.69, 9.17) is 4.74 Å². The maximum absolute atomic E-state index is 9.64. The molecule has 3 unspecified atom stereocenters. The molecule has 0 N–H and O–H groups in total. The highest BCUT2D eigenvalue weighted by Crippen LogP contribution is 2.26. The predicted molar refractivity (Wildman–Crippen MR) is 100.0 cm³/mol. The molecular weight excluding hydrogens is 310 g/mol. The number of nitriles is 1. The van der Waals surface area contributed by atoms with Crippen molar-refractivity contribution in [3.8, 4) is 6.07 Å². The van der Waals surface area contributed by atoms with Crippen molar-refractivity contribution in [1.82, 2.24) is 9.80 Å². The van der Waals surface area contributed by atoms with Crippen LogP contribution in [0.25, 0.3) is 0 Å². The lowest BCUT2D eigenvalue weighted by molar-refractivity contribution is -0.0432. The van der Waals surface area contributed by atoms with E-state index in [1.807, 2.05) is 6.07 Å². The van der Waals surface area contributed by atoms with Gasteiger partial charge in [0, 0.05) is 39.3 Å². The zero-order valence-corrected chi connectivity index (χ0v) is 15.6. The van der Waals surface area contributed by atoms with Gasteiger partial charge in [0.2, 0.25) is 0 Å². The third-order valence-corrected chi connectivity index (χ3v) is 5.64. The minimum absolute atomic E-state index is 0.00491. The SMILES string of the molecule is CC(C)C1CC(CN2CCN(Cc3ccccc3)C(C#N)C2)CCO1. The summed E-state index contributed by atoms with van der Waals surface area (Å²) < 4.78 is 5.91. The van der Waals surface area contributed by atoms with E-state index in [0.29, 0.717) is 17.9 Å². The summed E-state index contributed by atoms with van der Waals surface area (Å²) in [4.78, 5) is 4.83. The first-order chi connectivity index (χ1) is 12.2. The third-order valence-electron chi connectivity index (χ3n) is 5.64. The standard InChI is InChI=1S/C21H31N3O/c1-17(2)21-12-19(8-11-25-21)14-23-9-10-24(20(13-22)16-23)15-18-6-4-3-5-7-18/h3-7,17,19-21H,8-12,14-16H2,1-2H3. The van der Waals surface area contributed by atoms with Gasteiger partial charge in [-0.1, -0.05) is 44.2 Å². The Morgan fingerprint density at radius 3 is 2.76 bits per heavy atom. The van der Waals surface area contributed by atoms with E-state index >= 15 is 0 Å². The van der Waals surface area contributed by atoms with Gasteiger partial charge in [-0.25, -0.2) is 0 Å². The van der Waals surface area contributed by atoms with Gasteiger partial charge in [0.15, 0.2) is 0 Å². The van der Waals surface area contributed by atoms with Gasteiger partial charge in [0.05, 0.1) is 12.2 Å². The van der Waals surface area contributed by atoms with Gasteiger partial charge in [0.1, 0.15) is 6.04 Å². The lowest BCUT2D eigenvalue weighted by Gasteiger charge is -2.41. The lowest BCUT2D eigenvalue weighted by Crippen LogP contribution is -2.53. The van der Waals surface area contributed by atoms with Crippen LogP contribution in [-0.2, 0) is 11.3 Å². The van der Waals surface area contributed by atoms with Crippen LogP contribution >= 0.6 is 0 Å². The molecule has 0 aromatic heterocycles. The Kier molecular flexibility index (Phi) is 6.47. The van der Waals surface area contributed by atoms with Crippen molar-refractivity contribution in [3.63, 3.8) is 0 Å². The van der Waals surface area contributed by atoms with Crippen LogP contribution in [0.1, 0.15) is 32.3 Å². The van der Waals surface area contributed by atoms with Gasteiger partial charge < -0.3 is 4.74 Å². The summed E-state index contributed by atoms with van der Waals surface area (Å²) in [6.07, 6.45) is 2.73. The fourth-order valence-corrected chi connectivity index (χ4v) is 4.07. The van der Waals surface area contributed by atoms with Crippen LogP contribution in [0, 0.1) is 23.2 Å². The van der Waals surface area contributed by atoms with Crippen molar-refractivity contribution in [2.75, 3.05) is 32.8 Å². The number of nitrogens with zero attached hydrogens (tertiary/aromatic N) is 3. The zero-order chi connectivity index (χ0) is 17.6. The maximum Gasteiger partial charge on any atom is 0.111 e. The molecule has 0 spiro atoms. The summed E-state index contributed by atoms with van der Waals surface area (Å²) in [5, 5.41) is 9.64. The third kappa shape index (κ3) is 5.04. The molecule has 2 aliphatic rings. The van der Waals surface area contributed by atoms with Gasteiger partial charge in [-0.2, -0.15) is 5.26 Å². The van der Waals surface area contributed by atoms with Gasteiger partial charge in [-0.3, -0.25) is 9.80 Å². The molecule has 2 saturated heterocycles. The number of hydrogen-bond donors (Lipinski definition) is 0. The Morgan fingerprint density at radius 1 is 1.24 bits per heavy atom. The highest BCUT2D eigenvalue weighted by Gasteiger charge is 2.31. The molecule has 0 amide bonds. The molecule has 1 aromatic rings. The van der Waals surface area contributed by atoms with Crippen molar-refractivity contribution in [2.45, 2.75) is 45.4 Å². The summed E-state index contributed by atoms with van der Waals surface area (Å²) in [5.41, 5.74) is 1.29. The van der Waals surface area contributed by atoms with Crippen molar-refractivity contribution in [2.24, 2.45) is 11.8 Å². The molecule has 2 heterocycles. The fourth-order valence-electron chi connectivity index (χ4n) is 4.07. The lowest BCUT2D eigenvalue weighted by atomic mass is 9.89. The van der Waals surface area contributed by atoms with Crippen LogP contribution in [0.15, 0.2) is 30.3 Å². The smallest absolute Gasteiger partial charge is 0.111 e. The first-order valence-corrected chi connectivity index (χ1v) is 9.67. The molecule has 0 aliphatic carbocycles. The molecule has 3 rings (SSSR count). The molecule has 25 heavy (non-hydrogen) atoms. The Balaban J connectivity index is 1.52. The Morgan fingerprint density at radius 2 is 2.04 bits per heavy atom. The molecular formula is C21H31N3O. The average molecular weight is 341 g/mol. The molecule has 0 saturated carbocycles. The monoisotopic (exact) mass is 341 g/mol. The molecule has 4 nitrogen and oxygen atoms in total. The Hall–Kier alpha value is -1.41. The number of benzene rings is 1.